The van der Waals surface area contributed by atoms with Gasteiger partial charge in [-0.15, -0.1) is 0 Å². The van der Waals surface area contributed by atoms with Gasteiger partial charge in [-0.25, -0.2) is 0 Å². The summed E-state index contributed by atoms with van der Waals surface area (Å²) in [6, 6.07) is 24.8. The lowest BCUT2D eigenvalue weighted by Gasteiger charge is -2.12. The highest BCUT2D eigenvalue weighted by Crippen LogP contribution is 2.35. The number of nitrogens with zero attached hydrogens (tertiary/aromatic N) is 1. The van der Waals surface area contributed by atoms with Gasteiger partial charge in [-0.3, -0.25) is 14.5 Å². The van der Waals surface area contributed by atoms with Gasteiger partial charge in [-0.05, 0) is 53.1 Å². The van der Waals surface area contributed by atoms with E-state index in [1.807, 2.05) is 72.8 Å². The minimum Gasteiger partial charge on any atom is -0.507 e. The molecule has 29 heavy (non-hydrogen) atoms. The normalized spacial score (nSPS) is 15.3. The van der Waals surface area contributed by atoms with E-state index in [-0.39, 0.29) is 23.4 Å². The molecule has 3 aromatic carbocycles. The molecule has 1 heterocycles. The molecular weight excluding hydrogens is 382 g/mol. The number of carbonyl (C=O) groups is 2. The van der Waals surface area contributed by atoms with Crippen molar-refractivity contribution in [3.05, 3.63) is 106 Å². The van der Waals surface area contributed by atoms with E-state index in [2.05, 4.69) is 0 Å². The van der Waals surface area contributed by atoms with Crippen molar-refractivity contribution in [3.63, 3.8) is 0 Å². The van der Waals surface area contributed by atoms with Crippen molar-refractivity contribution in [2.24, 2.45) is 0 Å². The lowest BCUT2D eigenvalue weighted by Crippen LogP contribution is -2.27. The van der Waals surface area contributed by atoms with E-state index in [1.54, 1.807) is 12.1 Å². The van der Waals surface area contributed by atoms with E-state index in [9.17, 15) is 14.7 Å². The predicted molar refractivity (Wildman–Crippen MR) is 115 cm³/mol. The SMILES string of the molecule is O=C1S/C(=C\c2cc(Cc3ccccc3)ccc2O)C(=O)N1Cc1ccccc1. The summed E-state index contributed by atoms with van der Waals surface area (Å²) in [5.41, 5.74) is 3.60. The van der Waals surface area contributed by atoms with Gasteiger partial charge in [0.25, 0.3) is 11.1 Å². The lowest BCUT2D eigenvalue weighted by atomic mass is 10.0. The number of phenolic OH excluding ortho intramolecular Hbond substituents is 1. The fourth-order valence-corrected chi connectivity index (χ4v) is 4.03. The van der Waals surface area contributed by atoms with Gasteiger partial charge in [0.1, 0.15) is 5.75 Å². The molecule has 0 unspecified atom stereocenters. The zero-order valence-electron chi connectivity index (χ0n) is 15.6. The van der Waals surface area contributed by atoms with Crippen molar-refractivity contribution in [3.8, 4) is 5.75 Å². The summed E-state index contributed by atoms with van der Waals surface area (Å²) in [6.45, 7) is 0.239. The van der Waals surface area contributed by atoms with Gasteiger partial charge in [0.05, 0.1) is 11.4 Å². The number of imide groups is 1. The molecule has 0 atom stereocenters. The van der Waals surface area contributed by atoms with Crippen LogP contribution in [0.15, 0.2) is 83.8 Å². The number of thioether (sulfide) groups is 1. The van der Waals surface area contributed by atoms with E-state index < -0.39 is 0 Å². The summed E-state index contributed by atoms with van der Waals surface area (Å²) in [4.78, 5) is 26.6. The van der Waals surface area contributed by atoms with Crippen LogP contribution in [0, 0.1) is 0 Å². The Morgan fingerprint density at radius 3 is 2.17 bits per heavy atom. The molecule has 1 aliphatic heterocycles. The second kappa shape index (κ2) is 8.37. The maximum atomic E-state index is 12.7. The van der Waals surface area contributed by atoms with Crippen LogP contribution in [-0.2, 0) is 17.8 Å². The standard InChI is InChI=1S/C24H19NO3S/c26-21-12-11-19(13-17-7-3-1-4-8-17)14-20(21)15-22-23(27)25(24(28)29-22)16-18-9-5-2-6-10-18/h1-12,14-15,26H,13,16H2/b22-15-. The van der Waals surface area contributed by atoms with Crippen LogP contribution in [0.1, 0.15) is 22.3 Å². The minimum atomic E-state index is -0.336. The molecule has 4 nitrogen and oxygen atoms in total. The first-order chi connectivity index (χ1) is 14.1. The van der Waals surface area contributed by atoms with Crippen LogP contribution in [0.5, 0.6) is 5.75 Å². The molecule has 0 aliphatic carbocycles. The fourth-order valence-electron chi connectivity index (χ4n) is 3.20. The van der Waals surface area contributed by atoms with Gasteiger partial charge < -0.3 is 5.11 Å². The Labute approximate surface area is 173 Å². The number of benzene rings is 3. The zero-order valence-corrected chi connectivity index (χ0v) is 16.4. The van der Waals surface area contributed by atoms with Crippen molar-refractivity contribution in [1.82, 2.24) is 4.90 Å². The van der Waals surface area contributed by atoms with Crippen molar-refractivity contribution in [1.29, 1.82) is 0 Å². The molecule has 3 aromatic rings. The van der Waals surface area contributed by atoms with Crippen LogP contribution < -0.4 is 0 Å². The van der Waals surface area contributed by atoms with Gasteiger partial charge in [0, 0.05) is 5.56 Å². The zero-order chi connectivity index (χ0) is 20.2. The number of rotatable bonds is 5. The maximum Gasteiger partial charge on any atom is 0.293 e. The molecule has 4 rings (SSSR count). The fraction of sp³-hybridized carbons (Fsp3) is 0.0833. The molecule has 0 saturated carbocycles. The molecule has 1 aliphatic rings. The number of amides is 2. The topological polar surface area (TPSA) is 57.6 Å². The average Bonchev–Trinajstić information content (AvgIpc) is 2.99. The third-order valence-electron chi connectivity index (χ3n) is 4.69. The molecule has 0 aromatic heterocycles. The van der Waals surface area contributed by atoms with Crippen molar-refractivity contribution >= 4 is 29.0 Å². The van der Waals surface area contributed by atoms with E-state index >= 15 is 0 Å². The summed E-state index contributed by atoms with van der Waals surface area (Å²) >= 11 is 0.902. The van der Waals surface area contributed by atoms with Gasteiger partial charge in [-0.2, -0.15) is 0 Å². The number of hydrogen-bond acceptors (Lipinski definition) is 4. The predicted octanol–water partition coefficient (Wildman–Crippen LogP) is 5.22. The Morgan fingerprint density at radius 1 is 0.828 bits per heavy atom. The van der Waals surface area contributed by atoms with Crippen molar-refractivity contribution in [2.75, 3.05) is 0 Å². The highest BCUT2D eigenvalue weighted by atomic mass is 32.2. The Morgan fingerprint density at radius 2 is 1.48 bits per heavy atom. The average molecular weight is 401 g/mol. The summed E-state index contributed by atoms with van der Waals surface area (Å²) in [5, 5.41) is 9.95. The molecule has 0 radical (unpaired) electrons. The van der Waals surface area contributed by atoms with Crippen LogP contribution in [0.25, 0.3) is 6.08 Å². The molecule has 5 heteroatoms. The molecule has 2 amide bonds. The first-order valence-corrected chi connectivity index (χ1v) is 10.1. The van der Waals surface area contributed by atoms with Crippen LogP contribution in [0.4, 0.5) is 4.79 Å². The first kappa shape index (κ1) is 19.0. The second-order valence-electron chi connectivity index (χ2n) is 6.81. The van der Waals surface area contributed by atoms with Gasteiger partial charge >= 0.3 is 0 Å². The number of hydrogen-bond donors (Lipinski definition) is 1. The van der Waals surface area contributed by atoms with E-state index in [1.165, 1.54) is 4.90 Å². The largest absolute Gasteiger partial charge is 0.507 e. The van der Waals surface area contributed by atoms with E-state index in [0.29, 0.717) is 10.5 Å². The number of aromatic hydroxyl groups is 1. The third-order valence-corrected chi connectivity index (χ3v) is 5.59. The number of carbonyl (C=O) groups excluding carboxylic acids is 2. The first-order valence-electron chi connectivity index (χ1n) is 9.25. The Hall–Kier alpha value is -3.31. The van der Waals surface area contributed by atoms with Crippen molar-refractivity contribution in [2.45, 2.75) is 13.0 Å². The smallest absolute Gasteiger partial charge is 0.293 e. The van der Waals surface area contributed by atoms with Gasteiger partial charge in [-0.1, -0.05) is 66.7 Å². The Balaban J connectivity index is 1.56. The minimum absolute atomic E-state index is 0.0803. The monoisotopic (exact) mass is 401 g/mol. The molecular formula is C24H19NO3S. The van der Waals surface area contributed by atoms with Crippen LogP contribution in [-0.4, -0.2) is 21.2 Å². The molecule has 1 saturated heterocycles. The van der Waals surface area contributed by atoms with Crippen LogP contribution in [0.3, 0.4) is 0 Å². The Bertz CT molecular complexity index is 1080. The maximum absolute atomic E-state index is 12.7. The highest BCUT2D eigenvalue weighted by molar-refractivity contribution is 8.18. The van der Waals surface area contributed by atoms with Crippen molar-refractivity contribution < 1.29 is 14.7 Å². The second-order valence-corrected chi connectivity index (χ2v) is 7.80. The van der Waals surface area contributed by atoms with Gasteiger partial charge in [0.2, 0.25) is 0 Å². The van der Waals surface area contributed by atoms with E-state index in [4.69, 9.17) is 0 Å². The Kier molecular flexibility index (Phi) is 5.49. The molecule has 1 fully saturated rings. The highest BCUT2D eigenvalue weighted by Gasteiger charge is 2.35. The number of phenols is 1. The molecule has 0 bridgehead atoms. The quantitative estimate of drug-likeness (QED) is 0.596. The van der Waals surface area contributed by atoms with E-state index in [0.717, 1.165) is 34.9 Å². The molecule has 1 N–H and O–H groups in total. The summed E-state index contributed by atoms with van der Waals surface area (Å²) in [6.07, 6.45) is 2.32. The van der Waals surface area contributed by atoms with Gasteiger partial charge in [0.15, 0.2) is 0 Å². The lowest BCUT2D eigenvalue weighted by molar-refractivity contribution is -0.123. The molecule has 144 valence electrons. The summed E-state index contributed by atoms with van der Waals surface area (Å²) in [7, 11) is 0. The summed E-state index contributed by atoms with van der Waals surface area (Å²) < 4.78 is 0. The third kappa shape index (κ3) is 4.41. The van der Waals surface area contributed by atoms with Crippen LogP contribution >= 0.6 is 11.8 Å². The summed E-state index contributed by atoms with van der Waals surface area (Å²) in [5.74, 6) is -0.256. The molecule has 0 spiro atoms. The van der Waals surface area contributed by atoms with Crippen LogP contribution in [0.2, 0.25) is 0 Å².